The molecule has 0 spiro atoms. The van der Waals surface area contributed by atoms with Gasteiger partial charge in [-0.05, 0) is 23.3 Å². The van der Waals surface area contributed by atoms with E-state index in [0.717, 1.165) is 17.6 Å². The largest absolute Gasteiger partial charge is 0.491 e. The molecular weight excluding hydrogens is 262 g/mol. The molecule has 0 aromatic heterocycles. The second-order valence-electron chi connectivity index (χ2n) is 6.36. The van der Waals surface area contributed by atoms with Crippen molar-refractivity contribution in [3.63, 3.8) is 0 Å². The molecular formula is C18H21NO2. The molecule has 2 aromatic carbocycles. The number of hydrogen-bond donors (Lipinski definition) is 1. The van der Waals surface area contributed by atoms with Gasteiger partial charge in [-0.3, -0.25) is 4.79 Å². The van der Waals surface area contributed by atoms with Crippen molar-refractivity contribution in [2.75, 3.05) is 13.2 Å². The van der Waals surface area contributed by atoms with Gasteiger partial charge in [0.15, 0.2) is 0 Å². The van der Waals surface area contributed by atoms with E-state index in [9.17, 15) is 4.79 Å². The van der Waals surface area contributed by atoms with Crippen molar-refractivity contribution in [2.45, 2.75) is 20.3 Å². The van der Waals surface area contributed by atoms with Crippen LogP contribution in [0, 0.1) is 11.3 Å². The van der Waals surface area contributed by atoms with Crippen LogP contribution in [-0.4, -0.2) is 19.1 Å². The van der Waals surface area contributed by atoms with Crippen LogP contribution in [0.1, 0.15) is 20.3 Å². The van der Waals surface area contributed by atoms with Gasteiger partial charge in [0.1, 0.15) is 12.4 Å². The van der Waals surface area contributed by atoms with E-state index < -0.39 is 0 Å². The number of carbonyl (C=O) groups is 1. The second-order valence-corrected chi connectivity index (χ2v) is 6.36. The maximum atomic E-state index is 11.9. The molecule has 3 rings (SSSR count). The summed E-state index contributed by atoms with van der Waals surface area (Å²) in [5.74, 6) is 1.20. The number of fused-ring (bicyclic) bond motifs is 1. The first-order valence-electron chi connectivity index (χ1n) is 7.46. The van der Waals surface area contributed by atoms with Gasteiger partial charge < -0.3 is 10.1 Å². The Morgan fingerprint density at radius 1 is 1.24 bits per heavy atom. The van der Waals surface area contributed by atoms with Gasteiger partial charge in [0.2, 0.25) is 5.91 Å². The predicted molar refractivity (Wildman–Crippen MR) is 84.3 cm³/mol. The van der Waals surface area contributed by atoms with Crippen molar-refractivity contribution < 1.29 is 9.53 Å². The molecule has 3 nitrogen and oxygen atoms in total. The summed E-state index contributed by atoms with van der Waals surface area (Å²) < 4.78 is 5.81. The minimum Gasteiger partial charge on any atom is -0.491 e. The fourth-order valence-electron chi connectivity index (χ4n) is 2.69. The third-order valence-corrected chi connectivity index (χ3v) is 4.24. The van der Waals surface area contributed by atoms with E-state index in [2.05, 4.69) is 37.4 Å². The second kappa shape index (κ2) is 5.40. The molecule has 1 atom stereocenters. The maximum Gasteiger partial charge on any atom is 0.223 e. The molecule has 1 N–H and O–H groups in total. The first-order valence-corrected chi connectivity index (χ1v) is 7.46. The van der Waals surface area contributed by atoms with Crippen LogP contribution in [0.25, 0.3) is 10.8 Å². The average Bonchev–Trinajstić information content (AvgIpc) is 3.12. The minimum absolute atomic E-state index is 0.154. The average molecular weight is 283 g/mol. The van der Waals surface area contributed by atoms with Crippen molar-refractivity contribution in [1.82, 2.24) is 5.32 Å². The summed E-state index contributed by atoms with van der Waals surface area (Å²) in [5.41, 5.74) is 0.181. The van der Waals surface area contributed by atoms with E-state index in [-0.39, 0.29) is 17.2 Å². The third kappa shape index (κ3) is 3.02. The highest BCUT2D eigenvalue weighted by molar-refractivity contribution is 5.88. The van der Waals surface area contributed by atoms with Gasteiger partial charge in [0.25, 0.3) is 0 Å². The lowest BCUT2D eigenvalue weighted by Gasteiger charge is -2.10. The van der Waals surface area contributed by atoms with Crippen LogP contribution in [0.15, 0.2) is 42.5 Å². The van der Waals surface area contributed by atoms with E-state index in [0.29, 0.717) is 13.2 Å². The van der Waals surface area contributed by atoms with Gasteiger partial charge in [0, 0.05) is 11.3 Å². The van der Waals surface area contributed by atoms with Gasteiger partial charge >= 0.3 is 0 Å². The number of hydrogen-bond acceptors (Lipinski definition) is 2. The minimum atomic E-state index is 0.154. The number of carbonyl (C=O) groups excluding carboxylic acids is 1. The number of nitrogens with one attached hydrogen (secondary N) is 1. The lowest BCUT2D eigenvalue weighted by atomic mass is 10.1. The van der Waals surface area contributed by atoms with Crippen molar-refractivity contribution in [2.24, 2.45) is 11.3 Å². The lowest BCUT2D eigenvalue weighted by Crippen LogP contribution is -2.30. The molecule has 3 heteroatoms. The summed E-state index contributed by atoms with van der Waals surface area (Å²) in [6.07, 6.45) is 0.989. The maximum absolute atomic E-state index is 11.9. The van der Waals surface area contributed by atoms with Gasteiger partial charge in [-0.15, -0.1) is 0 Å². The molecule has 1 unspecified atom stereocenters. The smallest absolute Gasteiger partial charge is 0.223 e. The topological polar surface area (TPSA) is 38.3 Å². The van der Waals surface area contributed by atoms with Gasteiger partial charge in [-0.25, -0.2) is 0 Å². The standard InChI is InChI=1S/C18H21NO2/c1-18(2)12-15(18)17(20)19-10-11-21-16-9-5-7-13-6-3-4-8-14(13)16/h3-9,15H,10-12H2,1-2H3,(H,19,20). The molecule has 110 valence electrons. The van der Waals surface area contributed by atoms with Crippen LogP contribution in [0.3, 0.4) is 0 Å². The van der Waals surface area contributed by atoms with Gasteiger partial charge in [0.05, 0.1) is 6.54 Å². The molecule has 0 heterocycles. The monoisotopic (exact) mass is 283 g/mol. The Morgan fingerprint density at radius 3 is 2.71 bits per heavy atom. The first kappa shape index (κ1) is 13.9. The highest BCUT2D eigenvalue weighted by Crippen LogP contribution is 2.51. The number of amides is 1. The van der Waals surface area contributed by atoms with Crippen LogP contribution in [0.2, 0.25) is 0 Å². The number of ether oxygens (including phenoxy) is 1. The molecule has 1 amide bonds. The quantitative estimate of drug-likeness (QED) is 0.854. The van der Waals surface area contributed by atoms with Crippen molar-refractivity contribution in [3.8, 4) is 5.75 Å². The Balaban J connectivity index is 1.52. The fourth-order valence-corrected chi connectivity index (χ4v) is 2.69. The van der Waals surface area contributed by atoms with Crippen molar-refractivity contribution >= 4 is 16.7 Å². The first-order chi connectivity index (χ1) is 10.1. The number of benzene rings is 2. The zero-order chi connectivity index (χ0) is 14.9. The van der Waals surface area contributed by atoms with Crippen molar-refractivity contribution in [1.29, 1.82) is 0 Å². The van der Waals surface area contributed by atoms with E-state index in [4.69, 9.17) is 4.74 Å². The van der Waals surface area contributed by atoms with E-state index >= 15 is 0 Å². The van der Waals surface area contributed by atoms with Crippen LogP contribution >= 0.6 is 0 Å². The summed E-state index contributed by atoms with van der Waals surface area (Å²) in [4.78, 5) is 11.9. The Morgan fingerprint density at radius 2 is 1.95 bits per heavy atom. The Kier molecular flexibility index (Phi) is 3.58. The van der Waals surface area contributed by atoms with E-state index in [1.165, 1.54) is 5.39 Å². The molecule has 21 heavy (non-hydrogen) atoms. The number of rotatable bonds is 5. The molecule has 0 saturated heterocycles. The van der Waals surface area contributed by atoms with E-state index in [1.807, 2.05) is 24.3 Å². The van der Waals surface area contributed by atoms with Crippen LogP contribution in [-0.2, 0) is 4.79 Å². The Bertz CT molecular complexity index is 658. The summed E-state index contributed by atoms with van der Waals surface area (Å²) >= 11 is 0. The molecule has 0 aliphatic heterocycles. The van der Waals surface area contributed by atoms with Gasteiger partial charge in [-0.2, -0.15) is 0 Å². The van der Waals surface area contributed by atoms with Crippen LogP contribution < -0.4 is 10.1 Å². The molecule has 2 aromatic rings. The summed E-state index contributed by atoms with van der Waals surface area (Å²) in [5, 5.41) is 5.23. The molecule has 1 saturated carbocycles. The lowest BCUT2D eigenvalue weighted by molar-refractivity contribution is -0.123. The van der Waals surface area contributed by atoms with Crippen molar-refractivity contribution in [3.05, 3.63) is 42.5 Å². The SMILES string of the molecule is CC1(C)CC1C(=O)NCCOc1cccc2ccccc12. The highest BCUT2D eigenvalue weighted by Gasteiger charge is 2.50. The zero-order valence-corrected chi connectivity index (χ0v) is 12.6. The normalized spacial score (nSPS) is 19.2. The highest BCUT2D eigenvalue weighted by atomic mass is 16.5. The van der Waals surface area contributed by atoms with Crippen LogP contribution in [0.4, 0.5) is 0 Å². The fraction of sp³-hybridized carbons (Fsp3) is 0.389. The third-order valence-electron chi connectivity index (χ3n) is 4.24. The Labute approximate surface area is 125 Å². The molecule has 0 bridgehead atoms. The Hall–Kier alpha value is -2.03. The van der Waals surface area contributed by atoms with Gasteiger partial charge in [-0.1, -0.05) is 50.2 Å². The molecule has 0 radical (unpaired) electrons. The van der Waals surface area contributed by atoms with E-state index in [1.54, 1.807) is 0 Å². The molecule has 1 aliphatic rings. The molecule has 1 fully saturated rings. The predicted octanol–water partition coefficient (Wildman–Crippen LogP) is 3.38. The zero-order valence-electron chi connectivity index (χ0n) is 12.6. The summed E-state index contributed by atoms with van der Waals surface area (Å²) in [6, 6.07) is 14.2. The molecule has 1 aliphatic carbocycles. The summed E-state index contributed by atoms with van der Waals surface area (Å²) in [7, 11) is 0. The summed E-state index contributed by atoms with van der Waals surface area (Å²) in [6.45, 7) is 5.30. The van der Waals surface area contributed by atoms with Crippen LogP contribution in [0.5, 0.6) is 5.75 Å².